The zero-order valence-corrected chi connectivity index (χ0v) is 17.9. The van der Waals surface area contributed by atoms with E-state index >= 15 is 0 Å². The highest BCUT2D eigenvalue weighted by Crippen LogP contribution is 2.30. The number of benzene rings is 3. The Bertz CT molecular complexity index is 1140. The summed E-state index contributed by atoms with van der Waals surface area (Å²) in [7, 11) is 0. The highest BCUT2D eigenvalue weighted by molar-refractivity contribution is 5.78. The molecule has 0 fully saturated rings. The van der Waals surface area contributed by atoms with Crippen molar-refractivity contribution in [1.82, 2.24) is 15.5 Å². The second-order valence-corrected chi connectivity index (χ2v) is 7.56. The Balaban J connectivity index is 1.34. The van der Waals surface area contributed by atoms with Crippen molar-refractivity contribution in [2.75, 3.05) is 6.61 Å². The number of ether oxygens (including phenoxy) is 1. The topological polar surface area (TPSA) is 77.2 Å². The maximum absolute atomic E-state index is 12.4. The molecule has 0 aliphatic rings. The van der Waals surface area contributed by atoms with Gasteiger partial charge in [-0.2, -0.15) is 0 Å². The third-order valence-corrected chi connectivity index (χ3v) is 5.04. The predicted molar refractivity (Wildman–Crippen MR) is 123 cm³/mol. The summed E-state index contributed by atoms with van der Waals surface area (Å²) in [6, 6.07) is 27.2. The summed E-state index contributed by atoms with van der Waals surface area (Å²) in [5.74, 6) is 1.12. The van der Waals surface area contributed by atoms with Crippen LogP contribution in [0, 0.1) is 0 Å². The van der Waals surface area contributed by atoms with Crippen molar-refractivity contribution in [3.63, 3.8) is 0 Å². The number of carbonyl (C=O) groups excluding carboxylic acids is 1. The van der Waals surface area contributed by atoms with E-state index in [2.05, 4.69) is 27.6 Å². The van der Waals surface area contributed by atoms with Crippen LogP contribution in [0.3, 0.4) is 0 Å². The second-order valence-electron chi connectivity index (χ2n) is 7.56. The van der Waals surface area contributed by atoms with Gasteiger partial charge in [-0.05, 0) is 49.6 Å². The van der Waals surface area contributed by atoms with Crippen molar-refractivity contribution in [3.8, 4) is 28.7 Å². The van der Waals surface area contributed by atoms with Crippen LogP contribution >= 0.6 is 0 Å². The summed E-state index contributed by atoms with van der Waals surface area (Å²) < 4.78 is 11.6. The molecule has 4 aromatic rings. The number of aromatic nitrogens is 2. The first-order valence-corrected chi connectivity index (χ1v) is 10.6. The molecule has 1 atom stereocenters. The monoisotopic (exact) mass is 427 g/mol. The minimum Gasteiger partial charge on any atom is -0.483 e. The second kappa shape index (κ2) is 10.4. The van der Waals surface area contributed by atoms with Gasteiger partial charge in [0.05, 0.1) is 5.56 Å². The predicted octanol–water partition coefficient (Wildman–Crippen LogP) is 4.92. The fourth-order valence-electron chi connectivity index (χ4n) is 3.36. The standard InChI is InChI=1S/C26H25N3O3/c1-19(16-17-20-10-4-2-5-11-20)27-24(30)18-31-23-15-9-8-14-22(23)26-29-28-25(32-26)21-12-6-3-7-13-21/h2-15,19H,16-18H2,1H3,(H,27,30)/t19-/m0/s1. The van der Waals surface area contributed by atoms with E-state index in [1.807, 2.05) is 73.7 Å². The van der Waals surface area contributed by atoms with Gasteiger partial charge in [0.1, 0.15) is 5.75 Å². The number of para-hydroxylation sites is 1. The Morgan fingerprint density at radius 2 is 1.56 bits per heavy atom. The summed E-state index contributed by atoms with van der Waals surface area (Å²) in [4.78, 5) is 12.4. The van der Waals surface area contributed by atoms with Crippen LogP contribution in [0.4, 0.5) is 0 Å². The number of aryl methyl sites for hydroxylation is 1. The number of amides is 1. The normalized spacial score (nSPS) is 11.7. The zero-order valence-electron chi connectivity index (χ0n) is 17.9. The van der Waals surface area contributed by atoms with Crippen molar-refractivity contribution < 1.29 is 13.9 Å². The van der Waals surface area contributed by atoms with Crippen LogP contribution < -0.4 is 10.1 Å². The third-order valence-electron chi connectivity index (χ3n) is 5.04. The molecule has 6 nitrogen and oxygen atoms in total. The van der Waals surface area contributed by atoms with E-state index in [1.54, 1.807) is 6.07 Å². The molecule has 0 spiro atoms. The molecule has 0 aliphatic carbocycles. The SMILES string of the molecule is C[C@@H](CCc1ccccc1)NC(=O)COc1ccccc1-c1nnc(-c2ccccc2)o1. The molecule has 3 aromatic carbocycles. The summed E-state index contributed by atoms with van der Waals surface area (Å²) in [6.07, 6.45) is 1.77. The molecular weight excluding hydrogens is 402 g/mol. The molecule has 0 aliphatic heterocycles. The van der Waals surface area contributed by atoms with Crippen molar-refractivity contribution in [2.24, 2.45) is 0 Å². The van der Waals surface area contributed by atoms with Crippen LogP contribution in [0.1, 0.15) is 18.9 Å². The Morgan fingerprint density at radius 1 is 0.906 bits per heavy atom. The highest BCUT2D eigenvalue weighted by Gasteiger charge is 2.16. The average molecular weight is 428 g/mol. The zero-order chi connectivity index (χ0) is 22.2. The fraction of sp³-hybridized carbons (Fsp3) is 0.192. The van der Waals surface area contributed by atoms with Gasteiger partial charge in [-0.3, -0.25) is 4.79 Å². The van der Waals surface area contributed by atoms with Gasteiger partial charge in [0.2, 0.25) is 5.89 Å². The summed E-state index contributed by atoms with van der Waals surface area (Å²) in [6.45, 7) is 1.91. The molecule has 4 rings (SSSR count). The molecule has 1 amide bonds. The number of carbonyl (C=O) groups is 1. The first kappa shape index (κ1) is 21.3. The van der Waals surface area contributed by atoms with E-state index in [4.69, 9.17) is 9.15 Å². The molecule has 1 heterocycles. The smallest absolute Gasteiger partial charge is 0.258 e. The van der Waals surface area contributed by atoms with Crippen molar-refractivity contribution in [2.45, 2.75) is 25.8 Å². The van der Waals surface area contributed by atoms with Gasteiger partial charge in [-0.25, -0.2) is 0 Å². The lowest BCUT2D eigenvalue weighted by Gasteiger charge is -2.15. The Kier molecular flexibility index (Phi) is 6.92. The Morgan fingerprint density at radius 3 is 2.34 bits per heavy atom. The average Bonchev–Trinajstić information content (AvgIpc) is 3.33. The number of nitrogens with one attached hydrogen (secondary N) is 1. The van der Waals surface area contributed by atoms with Crippen LogP contribution in [-0.2, 0) is 11.2 Å². The molecule has 162 valence electrons. The maximum Gasteiger partial charge on any atom is 0.258 e. The van der Waals surface area contributed by atoms with Crippen LogP contribution in [-0.4, -0.2) is 28.8 Å². The van der Waals surface area contributed by atoms with E-state index in [9.17, 15) is 4.79 Å². The first-order valence-electron chi connectivity index (χ1n) is 10.6. The molecule has 0 saturated carbocycles. The van der Waals surface area contributed by atoms with E-state index in [1.165, 1.54) is 5.56 Å². The number of rotatable bonds is 9. The van der Waals surface area contributed by atoms with E-state index in [0.29, 0.717) is 23.1 Å². The van der Waals surface area contributed by atoms with Crippen LogP contribution in [0.15, 0.2) is 89.3 Å². The molecule has 32 heavy (non-hydrogen) atoms. The van der Waals surface area contributed by atoms with Gasteiger partial charge >= 0.3 is 0 Å². The van der Waals surface area contributed by atoms with Crippen molar-refractivity contribution >= 4 is 5.91 Å². The quantitative estimate of drug-likeness (QED) is 0.410. The summed E-state index contributed by atoms with van der Waals surface area (Å²) in [5.41, 5.74) is 2.74. The molecule has 0 bridgehead atoms. The van der Waals surface area contributed by atoms with Crippen molar-refractivity contribution in [3.05, 3.63) is 90.5 Å². The largest absolute Gasteiger partial charge is 0.483 e. The lowest BCUT2D eigenvalue weighted by molar-refractivity contribution is -0.123. The lowest BCUT2D eigenvalue weighted by Crippen LogP contribution is -2.36. The molecule has 1 N–H and O–H groups in total. The van der Waals surface area contributed by atoms with E-state index in [0.717, 1.165) is 18.4 Å². The Labute approximate surface area is 187 Å². The summed E-state index contributed by atoms with van der Waals surface area (Å²) >= 11 is 0. The molecule has 0 saturated heterocycles. The van der Waals surface area contributed by atoms with Crippen LogP contribution in [0.2, 0.25) is 0 Å². The number of nitrogens with zero attached hydrogens (tertiary/aromatic N) is 2. The first-order chi connectivity index (χ1) is 15.7. The maximum atomic E-state index is 12.4. The molecule has 6 heteroatoms. The number of hydrogen-bond donors (Lipinski definition) is 1. The third kappa shape index (κ3) is 5.60. The van der Waals surface area contributed by atoms with Gasteiger partial charge in [-0.15, -0.1) is 10.2 Å². The minimum absolute atomic E-state index is 0.0471. The van der Waals surface area contributed by atoms with Gasteiger partial charge in [0.25, 0.3) is 11.8 Å². The van der Waals surface area contributed by atoms with Gasteiger partial charge in [0, 0.05) is 11.6 Å². The molecule has 1 aromatic heterocycles. The molecule has 0 unspecified atom stereocenters. The fourth-order valence-corrected chi connectivity index (χ4v) is 3.36. The van der Waals surface area contributed by atoms with Crippen LogP contribution in [0.25, 0.3) is 22.9 Å². The van der Waals surface area contributed by atoms with E-state index in [-0.39, 0.29) is 18.6 Å². The summed E-state index contributed by atoms with van der Waals surface area (Å²) in [5, 5.41) is 11.3. The minimum atomic E-state index is -0.170. The highest BCUT2D eigenvalue weighted by atomic mass is 16.5. The van der Waals surface area contributed by atoms with Crippen molar-refractivity contribution in [1.29, 1.82) is 0 Å². The lowest BCUT2D eigenvalue weighted by atomic mass is 10.1. The molecular formula is C26H25N3O3. The van der Waals surface area contributed by atoms with Gasteiger partial charge in [-0.1, -0.05) is 60.7 Å². The number of hydrogen-bond acceptors (Lipinski definition) is 5. The Hall–Kier alpha value is -3.93. The van der Waals surface area contributed by atoms with E-state index < -0.39 is 0 Å². The molecule has 0 radical (unpaired) electrons. The van der Waals surface area contributed by atoms with Gasteiger partial charge in [0.15, 0.2) is 6.61 Å². The van der Waals surface area contributed by atoms with Crippen LogP contribution in [0.5, 0.6) is 5.75 Å². The van der Waals surface area contributed by atoms with Gasteiger partial charge < -0.3 is 14.5 Å².